The minimum absolute atomic E-state index is 0.0984. The summed E-state index contributed by atoms with van der Waals surface area (Å²) in [5.74, 6) is -0.234. The van der Waals surface area contributed by atoms with E-state index in [0.717, 1.165) is 0 Å². The second-order valence-electron chi connectivity index (χ2n) is 3.60. The molecule has 0 unspecified atom stereocenters. The van der Waals surface area contributed by atoms with Gasteiger partial charge in [-0.15, -0.1) is 0 Å². The van der Waals surface area contributed by atoms with Gasteiger partial charge in [-0.05, 0) is 30.7 Å². The molecule has 0 fully saturated rings. The number of halogens is 1. The summed E-state index contributed by atoms with van der Waals surface area (Å²) < 4.78 is 17.7. The molecule has 0 radical (unpaired) electrons. The lowest BCUT2D eigenvalue weighted by Gasteiger charge is -2.14. The van der Waals surface area contributed by atoms with E-state index in [2.05, 4.69) is 5.32 Å². The minimum Gasteiger partial charge on any atom is -0.484 e. The number of amides is 1. The van der Waals surface area contributed by atoms with Gasteiger partial charge >= 0.3 is 0 Å². The molecule has 0 aromatic heterocycles. The molecule has 5 heteroatoms. The molecule has 0 saturated carbocycles. The monoisotopic (exact) mass is 241 g/mol. The third-order valence-electron chi connectivity index (χ3n) is 2.26. The van der Waals surface area contributed by atoms with E-state index in [1.165, 1.54) is 24.3 Å². The van der Waals surface area contributed by atoms with E-state index in [1.54, 1.807) is 0 Å². The number of aliphatic hydroxyl groups is 1. The molecule has 0 aliphatic carbocycles. The Balaban J connectivity index is 2.35. The first-order valence-electron chi connectivity index (χ1n) is 5.44. The van der Waals surface area contributed by atoms with E-state index >= 15 is 0 Å². The van der Waals surface area contributed by atoms with Crippen molar-refractivity contribution in [1.29, 1.82) is 0 Å². The molecule has 1 aromatic rings. The maximum absolute atomic E-state index is 12.6. The molecule has 0 aliphatic heterocycles. The number of rotatable bonds is 6. The lowest BCUT2D eigenvalue weighted by Crippen LogP contribution is -2.39. The molecule has 4 nitrogen and oxygen atoms in total. The predicted molar refractivity (Wildman–Crippen MR) is 61.2 cm³/mol. The Morgan fingerprint density at radius 3 is 2.65 bits per heavy atom. The summed E-state index contributed by atoms with van der Waals surface area (Å²) in [5, 5.41) is 11.5. The zero-order valence-electron chi connectivity index (χ0n) is 9.65. The van der Waals surface area contributed by atoms with Crippen LogP contribution < -0.4 is 10.1 Å². The van der Waals surface area contributed by atoms with Crippen LogP contribution in [-0.4, -0.2) is 30.3 Å². The number of hydrogen-bond acceptors (Lipinski definition) is 3. The Labute approximate surface area is 99.4 Å². The minimum atomic E-state index is -0.354. The van der Waals surface area contributed by atoms with Crippen molar-refractivity contribution >= 4 is 5.91 Å². The maximum atomic E-state index is 12.6. The first-order chi connectivity index (χ1) is 8.15. The largest absolute Gasteiger partial charge is 0.484 e. The van der Waals surface area contributed by atoms with Gasteiger partial charge in [0.2, 0.25) is 0 Å². The van der Waals surface area contributed by atoms with Crippen molar-refractivity contribution in [3.63, 3.8) is 0 Å². The van der Waals surface area contributed by atoms with Crippen LogP contribution in [0.3, 0.4) is 0 Å². The number of aliphatic hydroxyl groups excluding tert-OH is 1. The zero-order chi connectivity index (χ0) is 12.7. The maximum Gasteiger partial charge on any atom is 0.258 e. The Morgan fingerprint density at radius 1 is 1.47 bits per heavy atom. The molecule has 1 aromatic carbocycles. The highest BCUT2D eigenvalue weighted by atomic mass is 19.1. The Kier molecular flexibility index (Phi) is 5.42. The Hall–Kier alpha value is -1.62. The van der Waals surface area contributed by atoms with E-state index in [-0.39, 0.29) is 31.0 Å². The topological polar surface area (TPSA) is 58.6 Å². The summed E-state index contributed by atoms with van der Waals surface area (Å²) >= 11 is 0. The molecule has 1 atom stereocenters. The molecular formula is C12H16FNO3. The first kappa shape index (κ1) is 13.4. The van der Waals surface area contributed by atoms with E-state index < -0.39 is 0 Å². The molecule has 94 valence electrons. The van der Waals surface area contributed by atoms with Crippen LogP contribution in [0.4, 0.5) is 4.39 Å². The van der Waals surface area contributed by atoms with E-state index in [4.69, 9.17) is 9.84 Å². The van der Waals surface area contributed by atoms with Crippen molar-refractivity contribution in [2.75, 3.05) is 13.2 Å². The van der Waals surface area contributed by atoms with Gasteiger partial charge in [0, 0.05) is 0 Å². The van der Waals surface area contributed by atoms with Crippen LogP contribution >= 0.6 is 0 Å². The molecular weight excluding hydrogens is 225 g/mol. The van der Waals surface area contributed by atoms with Gasteiger partial charge in [0.15, 0.2) is 6.61 Å². The van der Waals surface area contributed by atoms with Crippen LogP contribution in [0.1, 0.15) is 13.3 Å². The smallest absolute Gasteiger partial charge is 0.258 e. The molecule has 0 spiro atoms. The molecule has 0 saturated heterocycles. The molecule has 2 N–H and O–H groups in total. The first-order valence-corrected chi connectivity index (χ1v) is 5.44. The lowest BCUT2D eigenvalue weighted by molar-refractivity contribution is -0.124. The summed E-state index contributed by atoms with van der Waals surface area (Å²) in [6.07, 6.45) is 0.652. The van der Waals surface area contributed by atoms with Crippen LogP contribution in [0.25, 0.3) is 0 Å². The summed E-state index contributed by atoms with van der Waals surface area (Å²) in [5.41, 5.74) is 0. The van der Waals surface area contributed by atoms with Gasteiger partial charge in [-0.2, -0.15) is 0 Å². The van der Waals surface area contributed by atoms with Gasteiger partial charge < -0.3 is 15.2 Å². The van der Waals surface area contributed by atoms with E-state index in [9.17, 15) is 9.18 Å². The highest BCUT2D eigenvalue weighted by molar-refractivity contribution is 5.77. The van der Waals surface area contributed by atoms with Crippen LogP contribution in [-0.2, 0) is 4.79 Å². The van der Waals surface area contributed by atoms with E-state index in [1.807, 2.05) is 6.92 Å². The summed E-state index contributed by atoms with van der Waals surface area (Å²) in [6, 6.07) is 5.17. The zero-order valence-corrected chi connectivity index (χ0v) is 9.65. The van der Waals surface area contributed by atoms with Gasteiger partial charge in [-0.3, -0.25) is 4.79 Å². The van der Waals surface area contributed by atoms with E-state index in [0.29, 0.717) is 12.2 Å². The van der Waals surface area contributed by atoms with Crippen molar-refractivity contribution in [1.82, 2.24) is 5.32 Å². The number of ether oxygens (including phenoxy) is 1. The Bertz CT molecular complexity index is 349. The number of carbonyl (C=O) groups excluding carboxylic acids is 1. The second kappa shape index (κ2) is 6.85. The average Bonchev–Trinajstić information content (AvgIpc) is 2.35. The van der Waals surface area contributed by atoms with Crippen LogP contribution in [0.15, 0.2) is 24.3 Å². The van der Waals surface area contributed by atoms with Gasteiger partial charge in [0.25, 0.3) is 5.91 Å². The van der Waals surface area contributed by atoms with Crippen LogP contribution in [0.5, 0.6) is 5.75 Å². The normalized spacial score (nSPS) is 11.9. The van der Waals surface area contributed by atoms with Crippen molar-refractivity contribution in [2.24, 2.45) is 0 Å². The molecule has 0 heterocycles. The van der Waals surface area contributed by atoms with Crippen molar-refractivity contribution in [3.05, 3.63) is 30.1 Å². The predicted octanol–water partition coefficient (Wildman–Crippen LogP) is 1.09. The molecule has 0 bridgehead atoms. The van der Waals surface area contributed by atoms with Crippen molar-refractivity contribution in [2.45, 2.75) is 19.4 Å². The number of hydrogen-bond donors (Lipinski definition) is 2. The van der Waals surface area contributed by atoms with Gasteiger partial charge in [0.05, 0.1) is 12.6 Å². The highest BCUT2D eigenvalue weighted by Crippen LogP contribution is 2.10. The SMILES string of the molecule is CC[C@H](CO)NC(=O)COc1ccc(F)cc1. The lowest BCUT2D eigenvalue weighted by atomic mass is 10.2. The fourth-order valence-electron chi connectivity index (χ4n) is 1.23. The fourth-order valence-corrected chi connectivity index (χ4v) is 1.23. The van der Waals surface area contributed by atoms with Crippen molar-refractivity contribution < 1.29 is 19.0 Å². The van der Waals surface area contributed by atoms with Gasteiger partial charge in [-0.25, -0.2) is 4.39 Å². The van der Waals surface area contributed by atoms with Crippen LogP contribution in [0.2, 0.25) is 0 Å². The molecule has 17 heavy (non-hydrogen) atoms. The number of benzene rings is 1. The highest BCUT2D eigenvalue weighted by Gasteiger charge is 2.09. The molecule has 1 rings (SSSR count). The number of carbonyl (C=O) groups is 1. The third kappa shape index (κ3) is 4.82. The van der Waals surface area contributed by atoms with Gasteiger partial charge in [0.1, 0.15) is 11.6 Å². The third-order valence-corrected chi connectivity index (χ3v) is 2.26. The van der Waals surface area contributed by atoms with Crippen LogP contribution in [0, 0.1) is 5.82 Å². The summed E-state index contributed by atoms with van der Waals surface area (Å²) in [4.78, 5) is 11.4. The van der Waals surface area contributed by atoms with Gasteiger partial charge in [-0.1, -0.05) is 6.92 Å². The molecule has 1 amide bonds. The summed E-state index contributed by atoms with van der Waals surface area (Å²) in [7, 11) is 0. The standard InChI is InChI=1S/C12H16FNO3/c1-2-10(7-15)14-12(16)8-17-11-5-3-9(13)4-6-11/h3-6,10,15H,2,7-8H2,1H3,(H,14,16)/t10-/m1/s1. The second-order valence-corrected chi connectivity index (χ2v) is 3.60. The molecule has 0 aliphatic rings. The fraction of sp³-hybridized carbons (Fsp3) is 0.417. The number of nitrogens with one attached hydrogen (secondary N) is 1. The van der Waals surface area contributed by atoms with Crippen molar-refractivity contribution in [3.8, 4) is 5.75 Å². The Morgan fingerprint density at radius 2 is 2.12 bits per heavy atom. The summed E-state index contributed by atoms with van der Waals surface area (Å²) in [6.45, 7) is 1.61. The average molecular weight is 241 g/mol. The quantitative estimate of drug-likeness (QED) is 0.784.